The van der Waals surface area contributed by atoms with Crippen LogP contribution in [0.4, 0.5) is 5.69 Å². The Morgan fingerprint density at radius 3 is 2.24 bits per heavy atom. The minimum Gasteiger partial charge on any atom is -0.449 e. The molecule has 2 N–H and O–H groups in total. The van der Waals surface area contributed by atoms with E-state index in [1.54, 1.807) is 20.8 Å². The van der Waals surface area contributed by atoms with Gasteiger partial charge in [-0.3, -0.25) is 9.78 Å². The Balaban J connectivity index is 1.70. The number of pyridine rings is 1. The number of esters is 1. The summed E-state index contributed by atoms with van der Waals surface area (Å²) in [6, 6.07) is 13.0. The molecule has 9 heteroatoms. The molecule has 1 amide bonds. The summed E-state index contributed by atoms with van der Waals surface area (Å²) in [7, 11) is -3.63. The van der Waals surface area contributed by atoms with Crippen LogP contribution in [0.3, 0.4) is 0 Å². The lowest BCUT2D eigenvalue weighted by atomic mass is 10.0. The molecule has 0 radical (unpaired) electrons. The van der Waals surface area contributed by atoms with Gasteiger partial charge in [0.15, 0.2) is 6.10 Å². The number of hydrogen-bond acceptors (Lipinski definition) is 6. The van der Waals surface area contributed by atoms with E-state index in [1.807, 2.05) is 31.2 Å². The first kappa shape index (κ1) is 24.3. The van der Waals surface area contributed by atoms with Crippen LogP contribution in [-0.2, 0) is 19.6 Å². The Kier molecular flexibility index (Phi) is 7.14. The normalized spacial score (nSPS) is 12.5. The Bertz CT molecular complexity index is 1300. The molecule has 1 heterocycles. The second-order valence-electron chi connectivity index (χ2n) is 8.05. The molecule has 0 aliphatic rings. The van der Waals surface area contributed by atoms with Crippen molar-refractivity contribution in [3.8, 4) is 0 Å². The number of carbonyl (C=O) groups is 2. The second-order valence-corrected chi connectivity index (χ2v) is 9.77. The largest absolute Gasteiger partial charge is 0.449 e. The summed E-state index contributed by atoms with van der Waals surface area (Å²) in [6.45, 7) is 8.47. The molecule has 0 aliphatic carbocycles. The van der Waals surface area contributed by atoms with Crippen LogP contribution in [-0.4, -0.2) is 37.4 Å². The van der Waals surface area contributed by atoms with Gasteiger partial charge >= 0.3 is 5.97 Å². The number of nitrogens with zero attached hydrogens (tertiary/aromatic N) is 1. The molecule has 8 nitrogen and oxygen atoms in total. The van der Waals surface area contributed by atoms with Crippen molar-refractivity contribution in [1.29, 1.82) is 0 Å². The molecule has 0 aliphatic heterocycles. The van der Waals surface area contributed by atoms with E-state index in [4.69, 9.17) is 4.74 Å². The average Bonchev–Trinajstić information content (AvgIpc) is 2.73. The summed E-state index contributed by atoms with van der Waals surface area (Å²) < 4.78 is 32.3. The van der Waals surface area contributed by atoms with Gasteiger partial charge in [0.1, 0.15) is 0 Å². The highest BCUT2D eigenvalue weighted by molar-refractivity contribution is 7.89. The van der Waals surface area contributed by atoms with Gasteiger partial charge in [-0.15, -0.1) is 0 Å². The number of carbonyl (C=O) groups excluding carboxylic acids is 2. The number of amides is 1. The summed E-state index contributed by atoms with van der Waals surface area (Å²) in [5, 5.41) is 3.47. The molecule has 1 aromatic heterocycles. The molecule has 0 saturated carbocycles. The highest BCUT2D eigenvalue weighted by Gasteiger charge is 2.23. The molecular weight excluding hydrogens is 442 g/mol. The van der Waals surface area contributed by atoms with Gasteiger partial charge in [0.2, 0.25) is 10.0 Å². The van der Waals surface area contributed by atoms with Crippen molar-refractivity contribution in [2.75, 3.05) is 5.32 Å². The van der Waals surface area contributed by atoms with E-state index >= 15 is 0 Å². The third-order valence-electron chi connectivity index (χ3n) is 5.01. The van der Waals surface area contributed by atoms with E-state index in [1.165, 1.54) is 31.2 Å². The van der Waals surface area contributed by atoms with Gasteiger partial charge in [-0.2, -0.15) is 0 Å². The molecule has 3 aromatic rings. The fraction of sp³-hybridized carbons (Fsp3) is 0.292. The minimum absolute atomic E-state index is 0.0865. The first-order valence-electron chi connectivity index (χ1n) is 10.5. The number of benzene rings is 2. The van der Waals surface area contributed by atoms with Crippen molar-refractivity contribution < 1.29 is 22.7 Å². The van der Waals surface area contributed by atoms with Gasteiger partial charge in [0.25, 0.3) is 5.91 Å². The molecule has 174 valence electrons. The van der Waals surface area contributed by atoms with E-state index in [9.17, 15) is 18.0 Å². The monoisotopic (exact) mass is 469 g/mol. The van der Waals surface area contributed by atoms with E-state index in [2.05, 4.69) is 15.0 Å². The number of hydrogen-bond donors (Lipinski definition) is 2. The van der Waals surface area contributed by atoms with Crippen LogP contribution in [0.25, 0.3) is 10.9 Å². The van der Waals surface area contributed by atoms with Crippen LogP contribution in [0.2, 0.25) is 0 Å². The second kappa shape index (κ2) is 9.68. The zero-order chi connectivity index (χ0) is 24.3. The van der Waals surface area contributed by atoms with E-state index in [0.29, 0.717) is 16.9 Å². The van der Waals surface area contributed by atoms with Crippen molar-refractivity contribution in [3.05, 3.63) is 65.4 Å². The van der Waals surface area contributed by atoms with Crippen LogP contribution in [0.5, 0.6) is 0 Å². The van der Waals surface area contributed by atoms with Crippen LogP contribution in [0.1, 0.15) is 42.4 Å². The average molecular weight is 470 g/mol. The summed E-state index contributed by atoms with van der Waals surface area (Å²) in [4.78, 5) is 29.9. The van der Waals surface area contributed by atoms with Crippen LogP contribution >= 0.6 is 0 Å². The van der Waals surface area contributed by atoms with Crippen LogP contribution in [0.15, 0.2) is 53.4 Å². The number of sulfonamides is 1. The topological polar surface area (TPSA) is 114 Å². The highest BCUT2D eigenvalue weighted by atomic mass is 32.2. The molecule has 2 aromatic carbocycles. The summed E-state index contributed by atoms with van der Waals surface area (Å²) in [5.74, 6) is -1.17. The standard InChI is InChI=1S/C24H27N3O5S/c1-14(2)27-33(30,31)19-12-10-18(11-13-19)26-23(28)17(5)32-24(29)22-15(3)20-8-6-7-9-21(20)25-16(22)4/h6-14,17,27H,1-5H3,(H,26,28). The third kappa shape index (κ3) is 5.55. The van der Waals surface area contributed by atoms with Crippen molar-refractivity contribution >= 4 is 38.5 Å². The Hall–Kier alpha value is -3.30. The predicted molar refractivity (Wildman–Crippen MR) is 127 cm³/mol. The zero-order valence-corrected chi connectivity index (χ0v) is 20.0. The smallest absolute Gasteiger partial charge is 0.341 e. The third-order valence-corrected chi connectivity index (χ3v) is 6.69. The number of rotatable bonds is 7. The minimum atomic E-state index is -3.63. The van der Waals surface area contributed by atoms with Crippen molar-refractivity contribution in [2.45, 2.75) is 51.7 Å². The Labute approximate surface area is 193 Å². The lowest BCUT2D eigenvalue weighted by Gasteiger charge is -2.16. The van der Waals surface area contributed by atoms with Gasteiger partial charge in [-0.1, -0.05) is 18.2 Å². The predicted octanol–water partition coefficient (Wildman–Crippen LogP) is 3.72. The SMILES string of the molecule is Cc1nc2ccccc2c(C)c1C(=O)OC(C)C(=O)Nc1ccc(S(=O)(=O)NC(C)C)cc1. The molecule has 3 rings (SSSR count). The zero-order valence-electron chi connectivity index (χ0n) is 19.2. The molecular formula is C24H27N3O5S. The maximum absolute atomic E-state index is 12.8. The fourth-order valence-electron chi connectivity index (χ4n) is 3.44. The van der Waals surface area contributed by atoms with Crippen molar-refractivity contribution in [1.82, 2.24) is 9.71 Å². The lowest BCUT2D eigenvalue weighted by Crippen LogP contribution is -2.31. The molecule has 33 heavy (non-hydrogen) atoms. The number of ether oxygens (including phenoxy) is 1. The summed E-state index contributed by atoms with van der Waals surface area (Å²) >= 11 is 0. The highest BCUT2D eigenvalue weighted by Crippen LogP contribution is 2.23. The van der Waals surface area contributed by atoms with E-state index < -0.39 is 28.0 Å². The quantitative estimate of drug-likeness (QED) is 0.510. The molecule has 1 unspecified atom stereocenters. The molecule has 0 spiro atoms. The maximum Gasteiger partial charge on any atom is 0.341 e. The summed E-state index contributed by atoms with van der Waals surface area (Å²) in [5.41, 5.74) is 2.76. The Morgan fingerprint density at radius 1 is 0.970 bits per heavy atom. The molecule has 0 fully saturated rings. The van der Waals surface area contributed by atoms with Gasteiger partial charge in [0.05, 0.1) is 21.7 Å². The molecule has 1 atom stereocenters. The van der Waals surface area contributed by atoms with Gasteiger partial charge < -0.3 is 10.1 Å². The number of nitrogens with one attached hydrogen (secondary N) is 2. The lowest BCUT2D eigenvalue weighted by molar-refractivity contribution is -0.123. The first-order chi connectivity index (χ1) is 15.5. The number of aryl methyl sites for hydroxylation is 2. The van der Waals surface area contributed by atoms with Gasteiger partial charge in [0, 0.05) is 17.1 Å². The van der Waals surface area contributed by atoms with Crippen molar-refractivity contribution in [3.63, 3.8) is 0 Å². The van der Waals surface area contributed by atoms with Crippen LogP contribution < -0.4 is 10.0 Å². The molecule has 0 bridgehead atoms. The molecule has 0 saturated heterocycles. The van der Waals surface area contributed by atoms with Gasteiger partial charge in [-0.05, 0) is 70.5 Å². The fourth-order valence-corrected chi connectivity index (χ4v) is 4.70. The number of anilines is 1. The summed E-state index contributed by atoms with van der Waals surface area (Å²) in [6.07, 6.45) is -1.08. The van der Waals surface area contributed by atoms with Gasteiger partial charge in [-0.25, -0.2) is 17.9 Å². The number of para-hydroxylation sites is 1. The van der Waals surface area contributed by atoms with E-state index in [-0.39, 0.29) is 10.9 Å². The van der Waals surface area contributed by atoms with Crippen LogP contribution in [0, 0.1) is 13.8 Å². The van der Waals surface area contributed by atoms with E-state index in [0.717, 1.165) is 16.5 Å². The number of fused-ring (bicyclic) bond motifs is 1. The number of aromatic nitrogens is 1. The van der Waals surface area contributed by atoms with Crippen molar-refractivity contribution in [2.24, 2.45) is 0 Å². The maximum atomic E-state index is 12.8. The first-order valence-corrected chi connectivity index (χ1v) is 12.0. The Morgan fingerprint density at radius 2 is 1.61 bits per heavy atom.